The minimum atomic E-state index is -0.320. The van der Waals surface area contributed by atoms with Crippen molar-refractivity contribution in [1.29, 1.82) is 0 Å². The number of hydrogen-bond acceptors (Lipinski definition) is 4. The lowest BCUT2D eigenvalue weighted by Gasteiger charge is -2.27. The highest BCUT2D eigenvalue weighted by atomic mass is 32.1. The second kappa shape index (κ2) is 6.52. The minimum Gasteiger partial charge on any atom is -0.392 e. The second-order valence-electron chi connectivity index (χ2n) is 5.53. The predicted octanol–water partition coefficient (Wildman–Crippen LogP) is 2.74. The number of thiophene rings is 1. The summed E-state index contributed by atoms with van der Waals surface area (Å²) in [6, 6.07) is 4.54. The van der Waals surface area contributed by atoms with Crippen molar-refractivity contribution in [1.82, 2.24) is 14.7 Å². The highest BCUT2D eigenvalue weighted by Crippen LogP contribution is 2.27. The van der Waals surface area contributed by atoms with Crippen molar-refractivity contribution < 1.29 is 5.11 Å². The number of aryl methyl sites for hydroxylation is 1. The van der Waals surface area contributed by atoms with Crippen LogP contribution in [0.15, 0.2) is 23.7 Å². The Hall–Kier alpha value is -1.17. The van der Waals surface area contributed by atoms with Crippen molar-refractivity contribution in [3.05, 3.63) is 29.3 Å². The Morgan fingerprint density at radius 2 is 2.15 bits per heavy atom. The zero-order chi connectivity index (χ0) is 14.7. The largest absolute Gasteiger partial charge is 0.392 e. The van der Waals surface area contributed by atoms with E-state index in [-0.39, 0.29) is 6.10 Å². The van der Waals surface area contributed by atoms with Gasteiger partial charge >= 0.3 is 0 Å². The summed E-state index contributed by atoms with van der Waals surface area (Å²) in [5.74, 6) is 0. The lowest BCUT2D eigenvalue weighted by Crippen LogP contribution is -2.36. The first-order chi connectivity index (χ1) is 9.47. The molecule has 0 saturated heterocycles. The molecule has 0 saturated carbocycles. The summed E-state index contributed by atoms with van der Waals surface area (Å²) in [6.45, 7) is 7.63. The molecular formula is C15H23N3OS. The molecule has 0 spiro atoms. The summed E-state index contributed by atoms with van der Waals surface area (Å²) in [4.78, 5) is 3.47. The minimum absolute atomic E-state index is 0.320. The van der Waals surface area contributed by atoms with Crippen molar-refractivity contribution in [2.75, 3.05) is 6.54 Å². The predicted molar refractivity (Wildman–Crippen MR) is 83.7 cm³/mol. The number of hydrogen-bond donors (Lipinski definition) is 1. The van der Waals surface area contributed by atoms with E-state index < -0.39 is 0 Å². The van der Waals surface area contributed by atoms with Gasteiger partial charge in [0.2, 0.25) is 0 Å². The van der Waals surface area contributed by atoms with Crippen LogP contribution in [0.3, 0.4) is 0 Å². The Kier molecular flexibility index (Phi) is 4.96. The van der Waals surface area contributed by atoms with Gasteiger partial charge in [0, 0.05) is 37.9 Å². The van der Waals surface area contributed by atoms with E-state index in [1.807, 2.05) is 18.7 Å². The smallest absolute Gasteiger partial charge is 0.107 e. The van der Waals surface area contributed by atoms with Gasteiger partial charge in [-0.1, -0.05) is 6.07 Å². The van der Waals surface area contributed by atoms with Crippen LogP contribution in [0.5, 0.6) is 0 Å². The fraction of sp³-hybridized carbons (Fsp3) is 0.533. The van der Waals surface area contributed by atoms with E-state index in [0.29, 0.717) is 12.6 Å². The molecule has 5 heteroatoms. The standard InChI is InChI=1S/C15H23N3OS/c1-11(2)18(8-12(3)19)10-13-9-17(4)16-15(13)14-6-5-7-20-14/h5-7,9,11-12,19H,8,10H2,1-4H3. The van der Waals surface area contributed by atoms with Crippen LogP contribution in [0.25, 0.3) is 10.6 Å². The molecular weight excluding hydrogens is 270 g/mol. The molecule has 1 N–H and O–H groups in total. The van der Waals surface area contributed by atoms with E-state index in [2.05, 4.69) is 47.6 Å². The highest BCUT2D eigenvalue weighted by Gasteiger charge is 2.17. The average molecular weight is 293 g/mol. The topological polar surface area (TPSA) is 41.3 Å². The van der Waals surface area contributed by atoms with E-state index in [1.165, 1.54) is 10.4 Å². The SMILES string of the molecule is CC(O)CN(Cc1cn(C)nc1-c1cccs1)C(C)C. The number of aromatic nitrogens is 2. The summed E-state index contributed by atoms with van der Waals surface area (Å²) in [5.41, 5.74) is 2.27. The molecule has 2 aromatic heterocycles. The summed E-state index contributed by atoms with van der Waals surface area (Å²) in [7, 11) is 1.95. The molecule has 2 heterocycles. The van der Waals surface area contributed by atoms with Crippen molar-refractivity contribution in [2.24, 2.45) is 7.05 Å². The van der Waals surface area contributed by atoms with Crippen molar-refractivity contribution in [3.8, 4) is 10.6 Å². The molecule has 0 aromatic carbocycles. The van der Waals surface area contributed by atoms with Crippen LogP contribution in [-0.4, -0.2) is 38.5 Å². The van der Waals surface area contributed by atoms with Crippen LogP contribution >= 0.6 is 11.3 Å². The van der Waals surface area contributed by atoms with E-state index in [0.717, 1.165) is 12.2 Å². The summed E-state index contributed by atoms with van der Waals surface area (Å²) in [6.07, 6.45) is 1.76. The van der Waals surface area contributed by atoms with Crippen molar-refractivity contribution >= 4 is 11.3 Å². The fourth-order valence-electron chi connectivity index (χ4n) is 2.29. The first kappa shape index (κ1) is 15.2. The molecule has 0 aliphatic heterocycles. The molecule has 1 unspecified atom stereocenters. The zero-order valence-electron chi connectivity index (χ0n) is 12.6. The number of aliphatic hydroxyl groups excluding tert-OH is 1. The van der Waals surface area contributed by atoms with Gasteiger partial charge in [0.15, 0.2) is 0 Å². The van der Waals surface area contributed by atoms with E-state index in [1.54, 1.807) is 11.3 Å². The third kappa shape index (κ3) is 3.69. The Balaban J connectivity index is 2.24. The van der Waals surface area contributed by atoms with Crippen LogP contribution in [0.4, 0.5) is 0 Å². The first-order valence-electron chi connectivity index (χ1n) is 6.96. The molecule has 4 nitrogen and oxygen atoms in total. The maximum Gasteiger partial charge on any atom is 0.107 e. The van der Waals surface area contributed by atoms with Crippen LogP contribution in [0.1, 0.15) is 26.3 Å². The number of aliphatic hydroxyl groups is 1. The number of rotatable bonds is 6. The second-order valence-corrected chi connectivity index (χ2v) is 6.47. The van der Waals surface area contributed by atoms with Gasteiger partial charge in [-0.15, -0.1) is 11.3 Å². The zero-order valence-corrected chi connectivity index (χ0v) is 13.4. The van der Waals surface area contributed by atoms with E-state index >= 15 is 0 Å². The Morgan fingerprint density at radius 3 is 2.70 bits per heavy atom. The normalized spacial score (nSPS) is 13.3. The van der Waals surface area contributed by atoms with E-state index in [4.69, 9.17) is 0 Å². The Morgan fingerprint density at radius 1 is 1.40 bits per heavy atom. The lowest BCUT2D eigenvalue weighted by molar-refractivity contribution is 0.103. The maximum absolute atomic E-state index is 9.65. The molecule has 0 fully saturated rings. The van der Waals surface area contributed by atoms with Crippen LogP contribution < -0.4 is 0 Å². The van der Waals surface area contributed by atoms with Crippen molar-refractivity contribution in [2.45, 2.75) is 39.5 Å². The first-order valence-corrected chi connectivity index (χ1v) is 7.84. The molecule has 2 rings (SSSR count). The molecule has 0 radical (unpaired) electrons. The molecule has 0 amide bonds. The van der Waals surface area contributed by atoms with E-state index in [9.17, 15) is 5.11 Å². The molecule has 0 aliphatic carbocycles. The Bertz CT molecular complexity index is 531. The third-order valence-corrected chi connectivity index (χ3v) is 4.14. The van der Waals surface area contributed by atoms with Gasteiger partial charge in [-0.2, -0.15) is 5.10 Å². The average Bonchev–Trinajstić information content (AvgIpc) is 2.96. The van der Waals surface area contributed by atoms with Gasteiger partial charge in [-0.25, -0.2) is 0 Å². The highest BCUT2D eigenvalue weighted by molar-refractivity contribution is 7.13. The molecule has 110 valence electrons. The van der Waals surface area contributed by atoms with Gasteiger partial charge in [0.05, 0.1) is 11.0 Å². The van der Waals surface area contributed by atoms with Crippen LogP contribution in [0, 0.1) is 0 Å². The van der Waals surface area contributed by atoms with Gasteiger partial charge in [-0.05, 0) is 32.2 Å². The molecule has 0 aliphatic rings. The molecule has 1 atom stereocenters. The van der Waals surface area contributed by atoms with Gasteiger partial charge in [0.1, 0.15) is 5.69 Å². The van der Waals surface area contributed by atoms with Gasteiger partial charge in [-0.3, -0.25) is 9.58 Å². The summed E-state index contributed by atoms with van der Waals surface area (Å²) in [5, 5.41) is 16.3. The summed E-state index contributed by atoms with van der Waals surface area (Å²) >= 11 is 1.71. The quantitative estimate of drug-likeness (QED) is 0.890. The van der Waals surface area contributed by atoms with Crippen molar-refractivity contribution in [3.63, 3.8) is 0 Å². The van der Waals surface area contributed by atoms with Gasteiger partial charge < -0.3 is 5.11 Å². The fourth-order valence-corrected chi connectivity index (χ4v) is 3.03. The monoisotopic (exact) mass is 293 g/mol. The molecule has 2 aromatic rings. The molecule has 0 bridgehead atoms. The Labute approximate surface area is 124 Å². The number of nitrogens with zero attached hydrogens (tertiary/aromatic N) is 3. The maximum atomic E-state index is 9.65. The van der Waals surface area contributed by atoms with Crippen LogP contribution in [-0.2, 0) is 13.6 Å². The third-order valence-electron chi connectivity index (χ3n) is 3.26. The van der Waals surface area contributed by atoms with Crippen LogP contribution in [0.2, 0.25) is 0 Å². The molecule has 20 heavy (non-hydrogen) atoms. The summed E-state index contributed by atoms with van der Waals surface area (Å²) < 4.78 is 1.87. The van der Waals surface area contributed by atoms with Gasteiger partial charge in [0.25, 0.3) is 0 Å². The lowest BCUT2D eigenvalue weighted by atomic mass is 10.1.